The summed E-state index contributed by atoms with van der Waals surface area (Å²) in [6, 6.07) is 18.0. The summed E-state index contributed by atoms with van der Waals surface area (Å²) in [5, 5.41) is 3.68. The topological polar surface area (TPSA) is 15.3 Å². The molecule has 2 nitrogen and oxygen atoms in total. The van der Waals surface area contributed by atoms with Crippen LogP contribution in [0.1, 0.15) is 22.7 Å². The van der Waals surface area contributed by atoms with Crippen LogP contribution >= 0.6 is 11.8 Å². The number of nitrogens with one attached hydrogen (secondary N) is 1. The van der Waals surface area contributed by atoms with Gasteiger partial charge in [0.2, 0.25) is 0 Å². The summed E-state index contributed by atoms with van der Waals surface area (Å²) in [5.74, 6) is 2.27. The van der Waals surface area contributed by atoms with Gasteiger partial charge in [-0.05, 0) is 42.9 Å². The molecular weight excluding hydrogens is 276 g/mol. The molecule has 1 atom stereocenters. The second-order valence-electron chi connectivity index (χ2n) is 5.85. The molecule has 0 aliphatic carbocycles. The highest BCUT2D eigenvalue weighted by Gasteiger charge is 2.19. The van der Waals surface area contributed by atoms with Crippen molar-refractivity contribution < 1.29 is 0 Å². The van der Waals surface area contributed by atoms with Crippen molar-refractivity contribution in [3.05, 3.63) is 65.2 Å². The number of rotatable bonds is 4. The van der Waals surface area contributed by atoms with Crippen LogP contribution in [0.2, 0.25) is 0 Å². The van der Waals surface area contributed by atoms with Crippen LogP contribution in [-0.4, -0.2) is 24.7 Å². The monoisotopic (exact) mass is 298 g/mol. The number of hydrogen-bond donors (Lipinski definition) is 1. The molecule has 0 amide bonds. The fraction of sp³-hybridized carbons (Fsp3) is 0.333. The third-order valence-electron chi connectivity index (χ3n) is 3.77. The van der Waals surface area contributed by atoms with Gasteiger partial charge in [0.25, 0.3) is 0 Å². The first-order valence-electron chi connectivity index (χ1n) is 7.38. The van der Waals surface area contributed by atoms with E-state index in [1.54, 1.807) is 0 Å². The van der Waals surface area contributed by atoms with Crippen LogP contribution in [0.15, 0.2) is 48.5 Å². The zero-order valence-corrected chi connectivity index (χ0v) is 13.5. The normalized spacial score (nSPS) is 17.6. The maximum absolute atomic E-state index is 3.68. The van der Waals surface area contributed by atoms with Crippen LogP contribution in [0, 0.1) is 0 Å². The zero-order chi connectivity index (χ0) is 14.7. The Hall–Kier alpha value is -1.45. The summed E-state index contributed by atoms with van der Waals surface area (Å²) >= 11 is 2.01. The van der Waals surface area contributed by atoms with E-state index in [1.165, 1.54) is 22.4 Å². The van der Waals surface area contributed by atoms with Crippen LogP contribution in [0.5, 0.6) is 0 Å². The highest BCUT2D eigenvalue weighted by atomic mass is 32.2. The molecule has 1 aliphatic rings. The molecular formula is C18H22N2S. The van der Waals surface area contributed by atoms with Gasteiger partial charge in [-0.1, -0.05) is 36.4 Å². The molecule has 0 saturated carbocycles. The van der Waals surface area contributed by atoms with E-state index in [9.17, 15) is 0 Å². The summed E-state index contributed by atoms with van der Waals surface area (Å²) in [5.41, 5.74) is 5.48. The van der Waals surface area contributed by atoms with Crippen molar-refractivity contribution in [1.29, 1.82) is 0 Å². The fourth-order valence-electron chi connectivity index (χ4n) is 2.77. The molecule has 2 aromatic rings. The first kappa shape index (κ1) is 14.5. The maximum Gasteiger partial charge on any atom is 0.0607 e. The fourth-order valence-corrected chi connectivity index (χ4v) is 3.87. The first-order chi connectivity index (χ1) is 10.2. The van der Waals surface area contributed by atoms with Crippen molar-refractivity contribution >= 4 is 17.4 Å². The number of anilines is 1. The SMILES string of the molecule is CN(C)Cc1ccc(NC2CSCc3ccccc32)cc1. The lowest BCUT2D eigenvalue weighted by atomic mass is 10.0. The smallest absolute Gasteiger partial charge is 0.0607 e. The van der Waals surface area contributed by atoms with Crippen LogP contribution in [0.25, 0.3) is 0 Å². The number of thioether (sulfide) groups is 1. The second-order valence-corrected chi connectivity index (χ2v) is 6.88. The van der Waals surface area contributed by atoms with Crippen molar-refractivity contribution in [2.24, 2.45) is 0 Å². The molecule has 110 valence electrons. The average Bonchev–Trinajstić information content (AvgIpc) is 2.49. The van der Waals surface area contributed by atoms with Crippen LogP contribution in [0.4, 0.5) is 5.69 Å². The molecule has 21 heavy (non-hydrogen) atoms. The molecule has 0 saturated heterocycles. The predicted octanol–water partition coefficient (Wildman–Crippen LogP) is 4.15. The summed E-state index contributed by atoms with van der Waals surface area (Å²) in [6.45, 7) is 0.988. The number of nitrogens with zero attached hydrogens (tertiary/aromatic N) is 1. The lowest BCUT2D eigenvalue weighted by molar-refractivity contribution is 0.402. The first-order valence-corrected chi connectivity index (χ1v) is 8.53. The third kappa shape index (κ3) is 3.60. The van der Waals surface area contributed by atoms with E-state index in [2.05, 4.69) is 72.8 Å². The highest BCUT2D eigenvalue weighted by molar-refractivity contribution is 7.98. The van der Waals surface area contributed by atoms with Gasteiger partial charge in [-0.25, -0.2) is 0 Å². The van der Waals surface area contributed by atoms with Gasteiger partial charge in [-0.2, -0.15) is 11.8 Å². The molecule has 0 aromatic heterocycles. The Morgan fingerprint density at radius 2 is 1.86 bits per heavy atom. The Kier molecular flexibility index (Phi) is 4.51. The Morgan fingerprint density at radius 1 is 1.10 bits per heavy atom. The number of fused-ring (bicyclic) bond motifs is 1. The van der Waals surface area contributed by atoms with Gasteiger partial charge in [-0.15, -0.1) is 0 Å². The third-order valence-corrected chi connectivity index (χ3v) is 4.85. The summed E-state index contributed by atoms with van der Waals surface area (Å²) in [4.78, 5) is 2.19. The van der Waals surface area contributed by atoms with E-state index in [4.69, 9.17) is 0 Å². The van der Waals surface area contributed by atoms with Crippen molar-refractivity contribution in [3.8, 4) is 0 Å². The number of benzene rings is 2. The largest absolute Gasteiger partial charge is 0.377 e. The van der Waals surface area contributed by atoms with Gasteiger partial charge in [0.05, 0.1) is 6.04 Å². The van der Waals surface area contributed by atoms with Crippen LogP contribution in [0.3, 0.4) is 0 Å². The molecule has 1 unspecified atom stereocenters. The lowest BCUT2D eigenvalue weighted by Gasteiger charge is -2.27. The minimum absolute atomic E-state index is 0.416. The van der Waals surface area contributed by atoms with E-state index in [0.717, 1.165) is 18.1 Å². The molecule has 0 spiro atoms. The molecule has 0 radical (unpaired) electrons. The van der Waals surface area contributed by atoms with E-state index in [-0.39, 0.29) is 0 Å². The molecule has 0 fully saturated rings. The van der Waals surface area contributed by atoms with Gasteiger partial charge < -0.3 is 10.2 Å². The summed E-state index contributed by atoms with van der Waals surface area (Å²) in [6.07, 6.45) is 0. The van der Waals surface area contributed by atoms with E-state index >= 15 is 0 Å². The lowest BCUT2D eigenvalue weighted by Crippen LogP contribution is -2.18. The molecule has 1 N–H and O–H groups in total. The van der Waals surface area contributed by atoms with E-state index in [1.807, 2.05) is 11.8 Å². The molecule has 1 heterocycles. The van der Waals surface area contributed by atoms with Crippen molar-refractivity contribution in [1.82, 2.24) is 4.90 Å². The highest BCUT2D eigenvalue weighted by Crippen LogP contribution is 2.33. The predicted molar refractivity (Wildman–Crippen MR) is 92.8 cm³/mol. The van der Waals surface area contributed by atoms with Gasteiger partial charge in [0.15, 0.2) is 0 Å². The minimum atomic E-state index is 0.416. The van der Waals surface area contributed by atoms with Gasteiger partial charge in [-0.3, -0.25) is 0 Å². The Bertz CT molecular complexity index is 592. The Morgan fingerprint density at radius 3 is 2.62 bits per heavy atom. The molecule has 0 bridgehead atoms. The molecule has 2 aromatic carbocycles. The van der Waals surface area contributed by atoms with Crippen molar-refractivity contribution in [3.63, 3.8) is 0 Å². The minimum Gasteiger partial charge on any atom is -0.377 e. The van der Waals surface area contributed by atoms with Crippen LogP contribution < -0.4 is 5.32 Å². The summed E-state index contributed by atoms with van der Waals surface area (Å²) in [7, 11) is 4.20. The van der Waals surface area contributed by atoms with Crippen molar-refractivity contribution in [2.45, 2.75) is 18.3 Å². The maximum atomic E-state index is 3.68. The second kappa shape index (κ2) is 6.54. The Labute approximate surface area is 131 Å². The van der Waals surface area contributed by atoms with E-state index in [0.29, 0.717) is 6.04 Å². The molecule has 1 aliphatic heterocycles. The standard InChI is InChI=1S/C18H22N2S/c1-20(2)11-14-7-9-16(10-8-14)19-18-13-21-12-15-5-3-4-6-17(15)18/h3-10,18-19H,11-13H2,1-2H3. The van der Waals surface area contributed by atoms with E-state index < -0.39 is 0 Å². The van der Waals surface area contributed by atoms with Crippen LogP contribution in [-0.2, 0) is 12.3 Å². The zero-order valence-electron chi connectivity index (χ0n) is 12.7. The number of hydrogen-bond acceptors (Lipinski definition) is 3. The average molecular weight is 298 g/mol. The van der Waals surface area contributed by atoms with Gasteiger partial charge in [0.1, 0.15) is 0 Å². The summed E-state index contributed by atoms with van der Waals surface area (Å²) < 4.78 is 0. The molecule has 3 heteroatoms. The van der Waals surface area contributed by atoms with Gasteiger partial charge in [0, 0.05) is 23.7 Å². The quantitative estimate of drug-likeness (QED) is 0.913. The van der Waals surface area contributed by atoms with Gasteiger partial charge >= 0.3 is 0 Å². The molecule has 3 rings (SSSR count). The van der Waals surface area contributed by atoms with Crippen molar-refractivity contribution in [2.75, 3.05) is 25.2 Å². The Balaban J connectivity index is 1.73.